The lowest BCUT2D eigenvalue weighted by Crippen LogP contribution is -2.39. The van der Waals surface area contributed by atoms with Gasteiger partial charge in [-0.25, -0.2) is 13.9 Å². The van der Waals surface area contributed by atoms with Crippen LogP contribution in [0.4, 0.5) is 17.6 Å². The molecule has 164 valence electrons. The summed E-state index contributed by atoms with van der Waals surface area (Å²) in [5.74, 6) is -1.45. The molecule has 0 unspecified atom stereocenters. The number of carbonyl (C=O) groups excluding carboxylic acids is 1. The lowest BCUT2D eigenvalue weighted by molar-refractivity contribution is -0.142. The number of carbonyl (C=O) groups is 1. The van der Waals surface area contributed by atoms with E-state index in [0.717, 1.165) is 10.6 Å². The molecule has 1 atom stereocenters. The molecular formula is C22H22F4N4O. The van der Waals surface area contributed by atoms with Crippen molar-refractivity contribution in [2.45, 2.75) is 44.7 Å². The Labute approximate surface area is 176 Å². The zero-order valence-electron chi connectivity index (χ0n) is 17.2. The van der Waals surface area contributed by atoms with Crippen LogP contribution < -0.4 is 0 Å². The molecule has 1 aliphatic heterocycles. The van der Waals surface area contributed by atoms with E-state index < -0.39 is 23.6 Å². The van der Waals surface area contributed by atoms with Crippen LogP contribution in [0.1, 0.15) is 66.0 Å². The van der Waals surface area contributed by atoms with Gasteiger partial charge >= 0.3 is 6.18 Å². The maximum absolute atomic E-state index is 14.0. The summed E-state index contributed by atoms with van der Waals surface area (Å²) in [6, 6.07) is 8.35. The Bertz CT molecular complexity index is 1120. The molecule has 31 heavy (non-hydrogen) atoms. The molecule has 1 saturated heterocycles. The van der Waals surface area contributed by atoms with Crippen LogP contribution in [0.5, 0.6) is 0 Å². The Morgan fingerprint density at radius 2 is 1.94 bits per heavy atom. The fraction of sp³-hybridized carbons (Fsp3) is 0.409. The van der Waals surface area contributed by atoms with Gasteiger partial charge in [-0.2, -0.15) is 18.3 Å². The molecule has 1 fully saturated rings. The van der Waals surface area contributed by atoms with Gasteiger partial charge in [0.2, 0.25) is 0 Å². The van der Waals surface area contributed by atoms with E-state index in [2.05, 4.69) is 10.1 Å². The highest BCUT2D eigenvalue weighted by molar-refractivity contribution is 5.94. The number of nitrogens with zero attached hydrogens (tertiary/aromatic N) is 4. The Morgan fingerprint density at radius 1 is 1.19 bits per heavy atom. The number of likely N-dealkylation sites (tertiary alicyclic amines) is 1. The van der Waals surface area contributed by atoms with Crippen LogP contribution in [-0.2, 0) is 6.18 Å². The molecular weight excluding hydrogens is 412 g/mol. The predicted molar refractivity (Wildman–Crippen MR) is 106 cm³/mol. The van der Waals surface area contributed by atoms with Crippen molar-refractivity contribution in [2.75, 3.05) is 13.1 Å². The monoisotopic (exact) mass is 434 g/mol. The Kier molecular flexibility index (Phi) is 5.45. The zero-order valence-corrected chi connectivity index (χ0v) is 17.2. The number of benzene rings is 1. The summed E-state index contributed by atoms with van der Waals surface area (Å²) >= 11 is 0. The summed E-state index contributed by atoms with van der Waals surface area (Å²) < 4.78 is 55.8. The van der Waals surface area contributed by atoms with E-state index in [-0.39, 0.29) is 29.6 Å². The first-order chi connectivity index (χ1) is 14.6. The lowest BCUT2D eigenvalue weighted by atomic mass is 9.94. The van der Waals surface area contributed by atoms with Gasteiger partial charge in [-0.3, -0.25) is 4.79 Å². The van der Waals surface area contributed by atoms with E-state index in [0.29, 0.717) is 30.8 Å². The van der Waals surface area contributed by atoms with E-state index in [9.17, 15) is 22.4 Å². The van der Waals surface area contributed by atoms with E-state index in [4.69, 9.17) is 0 Å². The molecule has 2 aromatic heterocycles. The molecule has 0 N–H and O–H groups in total. The number of alkyl halides is 3. The molecule has 4 rings (SSSR count). The van der Waals surface area contributed by atoms with Gasteiger partial charge < -0.3 is 4.90 Å². The molecule has 1 aromatic carbocycles. The third kappa shape index (κ3) is 4.13. The Balaban J connectivity index is 1.67. The quantitative estimate of drug-likeness (QED) is 0.544. The van der Waals surface area contributed by atoms with E-state index in [1.165, 1.54) is 23.1 Å². The average molecular weight is 434 g/mol. The zero-order chi connectivity index (χ0) is 22.3. The summed E-state index contributed by atoms with van der Waals surface area (Å²) in [6.07, 6.45) is -3.26. The van der Waals surface area contributed by atoms with Gasteiger partial charge in [0, 0.05) is 30.8 Å². The van der Waals surface area contributed by atoms with E-state index >= 15 is 0 Å². The van der Waals surface area contributed by atoms with Crippen molar-refractivity contribution >= 4 is 11.6 Å². The molecule has 1 aliphatic rings. The van der Waals surface area contributed by atoms with Crippen LogP contribution in [0.3, 0.4) is 0 Å². The first-order valence-corrected chi connectivity index (χ1v) is 10.2. The van der Waals surface area contributed by atoms with Gasteiger partial charge in [0.25, 0.3) is 5.91 Å². The highest BCUT2D eigenvalue weighted by Crippen LogP contribution is 2.33. The van der Waals surface area contributed by atoms with Crippen molar-refractivity contribution in [2.24, 2.45) is 0 Å². The number of hydrogen-bond donors (Lipinski definition) is 0. The topological polar surface area (TPSA) is 50.5 Å². The number of rotatable bonds is 3. The minimum absolute atomic E-state index is 0.0132. The van der Waals surface area contributed by atoms with Crippen molar-refractivity contribution in [3.05, 3.63) is 64.9 Å². The standard InChI is InChI=1S/C22H22F4N4O/c1-13(2)17-10-19(22(24,25)26)30-20(27-17)11-18(28-30)14-6-5-9-29(12-14)21(31)15-7-3-4-8-16(15)23/h3-4,7-8,10-11,13-14H,5-6,9,12H2,1-2H3/t14-/m0/s1. The fourth-order valence-corrected chi connectivity index (χ4v) is 3.92. The molecule has 1 amide bonds. The highest BCUT2D eigenvalue weighted by atomic mass is 19.4. The molecule has 0 radical (unpaired) electrons. The number of piperidine rings is 1. The van der Waals surface area contributed by atoms with Crippen molar-refractivity contribution < 1.29 is 22.4 Å². The van der Waals surface area contributed by atoms with Gasteiger partial charge in [-0.05, 0) is 37.0 Å². The number of aromatic nitrogens is 3. The largest absolute Gasteiger partial charge is 0.433 e. The summed E-state index contributed by atoms with van der Waals surface area (Å²) in [5, 5.41) is 4.21. The highest BCUT2D eigenvalue weighted by Gasteiger charge is 2.36. The fourth-order valence-electron chi connectivity index (χ4n) is 3.92. The molecule has 0 saturated carbocycles. The Morgan fingerprint density at radius 3 is 2.61 bits per heavy atom. The SMILES string of the molecule is CC(C)c1cc(C(F)(F)F)n2nc([C@H]3CCCN(C(=O)c4ccccc4F)C3)cc2n1. The van der Waals surface area contributed by atoms with Gasteiger partial charge in [0.15, 0.2) is 5.65 Å². The third-order valence-corrected chi connectivity index (χ3v) is 5.58. The number of hydrogen-bond acceptors (Lipinski definition) is 3. The molecule has 9 heteroatoms. The van der Waals surface area contributed by atoms with Crippen LogP contribution >= 0.6 is 0 Å². The normalized spacial score (nSPS) is 17.5. The minimum Gasteiger partial charge on any atom is -0.338 e. The van der Waals surface area contributed by atoms with Gasteiger partial charge in [-0.1, -0.05) is 26.0 Å². The van der Waals surface area contributed by atoms with Crippen LogP contribution in [0.25, 0.3) is 5.65 Å². The van der Waals surface area contributed by atoms with Crippen molar-refractivity contribution in [3.8, 4) is 0 Å². The average Bonchev–Trinajstić information content (AvgIpc) is 3.16. The lowest BCUT2D eigenvalue weighted by Gasteiger charge is -2.32. The number of halogens is 4. The Hall–Kier alpha value is -2.97. The first-order valence-electron chi connectivity index (χ1n) is 10.2. The second-order valence-corrected chi connectivity index (χ2v) is 8.13. The molecule has 5 nitrogen and oxygen atoms in total. The summed E-state index contributed by atoms with van der Waals surface area (Å²) in [5.41, 5.74) is 0.0330. The van der Waals surface area contributed by atoms with Crippen molar-refractivity contribution in [1.29, 1.82) is 0 Å². The molecule has 3 aromatic rings. The third-order valence-electron chi connectivity index (χ3n) is 5.58. The minimum atomic E-state index is -4.58. The van der Waals surface area contributed by atoms with Gasteiger partial charge in [0.05, 0.1) is 11.3 Å². The summed E-state index contributed by atoms with van der Waals surface area (Å²) in [7, 11) is 0. The molecule has 0 bridgehead atoms. The maximum Gasteiger partial charge on any atom is 0.433 e. The van der Waals surface area contributed by atoms with Gasteiger partial charge in [0.1, 0.15) is 11.5 Å². The summed E-state index contributed by atoms with van der Waals surface area (Å²) in [6.45, 7) is 4.28. The maximum atomic E-state index is 14.0. The van der Waals surface area contributed by atoms with Crippen LogP contribution in [-0.4, -0.2) is 38.5 Å². The second kappa shape index (κ2) is 7.94. The van der Waals surface area contributed by atoms with E-state index in [1.807, 2.05) is 0 Å². The second-order valence-electron chi connectivity index (χ2n) is 8.13. The van der Waals surface area contributed by atoms with Crippen molar-refractivity contribution in [3.63, 3.8) is 0 Å². The van der Waals surface area contributed by atoms with Gasteiger partial charge in [-0.15, -0.1) is 0 Å². The van der Waals surface area contributed by atoms with Crippen LogP contribution in [0.2, 0.25) is 0 Å². The molecule has 3 heterocycles. The first kappa shape index (κ1) is 21.3. The molecule has 0 aliphatic carbocycles. The summed E-state index contributed by atoms with van der Waals surface area (Å²) in [4.78, 5) is 18.7. The van der Waals surface area contributed by atoms with E-state index in [1.54, 1.807) is 26.0 Å². The molecule has 0 spiro atoms. The van der Waals surface area contributed by atoms with Crippen molar-refractivity contribution in [1.82, 2.24) is 19.5 Å². The van der Waals surface area contributed by atoms with Crippen LogP contribution in [0, 0.1) is 5.82 Å². The number of amides is 1. The smallest absolute Gasteiger partial charge is 0.338 e. The van der Waals surface area contributed by atoms with Crippen LogP contribution in [0.15, 0.2) is 36.4 Å². The predicted octanol–water partition coefficient (Wildman–Crippen LogP) is 5.03. The number of fused-ring (bicyclic) bond motifs is 1.